The fourth-order valence-electron chi connectivity index (χ4n) is 3.00. The number of carboxylic acids is 1. The van der Waals surface area contributed by atoms with Gasteiger partial charge in [-0.25, -0.2) is 0 Å². The molecule has 0 atom stereocenters. The number of hydrogen-bond donors (Lipinski definition) is 3. The van der Waals surface area contributed by atoms with Gasteiger partial charge in [-0.15, -0.1) is 10.2 Å². The molecule has 0 saturated heterocycles. The maximum Gasteiger partial charge on any atom is 0.323 e. The zero-order chi connectivity index (χ0) is 20.6. The highest BCUT2D eigenvalue weighted by Gasteiger charge is 2.17. The fourth-order valence-corrected chi connectivity index (χ4v) is 3.16. The third-order valence-corrected chi connectivity index (χ3v) is 4.70. The monoisotopic (exact) mass is 411 g/mol. The van der Waals surface area contributed by atoms with E-state index in [1.165, 1.54) is 4.90 Å². The van der Waals surface area contributed by atoms with Crippen molar-refractivity contribution in [2.24, 2.45) is 0 Å². The third kappa shape index (κ3) is 5.41. The summed E-state index contributed by atoms with van der Waals surface area (Å²) in [5, 5.41) is 23.3. The van der Waals surface area contributed by atoms with Crippen LogP contribution in [0, 0.1) is 0 Å². The number of carbonyl (C=O) groups is 2. The van der Waals surface area contributed by atoms with E-state index >= 15 is 0 Å². The number of carboxylic acid groups (broad SMARTS) is 1. The van der Waals surface area contributed by atoms with E-state index in [0.29, 0.717) is 18.0 Å². The maximum absolute atomic E-state index is 12.3. The number of thiol groups is 1. The van der Waals surface area contributed by atoms with Crippen molar-refractivity contribution in [1.82, 2.24) is 25.5 Å². The second-order valence-electron chi connectivity index (χ2n) is 6.45. The van der Waals surface area contributed by atoms with Crippen LogP contribution in [0.1, 0.15) is 18.4 Å². The number of aliphatic carboxylic acids is 1. The summed E-state index contributed by atoms with van der Waals surface area (Å²) in [5.41, 5.74) is 3.61. The van der Waals surface area contributed by atoms with Gasteiger partial charge in [-0.2, -0.15) is 17.8 Å². The number of H-pyrrole nitrogens is 1. The predicted octanol–water partition coefficient (Wildman–Crippen LogP) is 2.66. The van der Waals surface area contributed by atoms with Gasteiger partial charge in [0.15, 0.2) is 0 Å². The first-order valence-corrected chi connectivity index (χ1v) is 9.74. The molecule has 9 heteroatoms. The van der Waals surface area contributed by atoms with E-state index in [9.17, 15) is 9.59 Å². The highest BCUT2D eigenvalue weighted by atomic mass is 32.1. The van der Waals surface area contributed by atoms with Gasteiger partial charge in [0, 0.05) is 18.5 Å². The second kappa shape index (κ2) is 9.83. The summed E-state index contributed by atoms with van der Waals surface area (Å²) in [4.78, 5) is 24.8. The Morgan fingerprint density at radius 3 is 2.41 bits per heavy atom. The number of aromatic amines is 1. The van der Waals surface area contributed by atoms with Gasteiger partial charge >= 0.3 is 5.97 Å². The highest BCUT2D eigenvalue weighted by Crippen LogP contribution is 2.29. The summed E-state index contributed by atoms with van der Waals surface area (Å²) in [5.74, 6) is -0.129. The fraction of sp³-hybridized carbons (Fsp3) is 0.250. The molecule has 3 aromatic rings. The van der Waals surface area contributed by atoms with Gasteiger partial charge in [0.1, 0.15) is 6.54 Å². The van der Waals surface area contributed by atoms with E-state index < -0.39 is 5.97 Å². The van der Waals surface area contributed by atoms with E-state index in [1.54, 1.807) is 0 Å². The Kier molecular flexibility index (Phi) is 6.96. The minimum absolute atomic E-state index is 0.187. The van der Waals surface area contributed by atoms with Gasteiger partial charge in [-0.05, 0) is 34.1 Å². The number of nitrogens with zero attached hydrogens (tertiary/aromatic N) is 4. The first-order valence-electron chi connectivity index (χ1n) is 9.11. The van der Waals surface area contributed by atoms with Crippen LogP contribution in [0.2, 0.25) is 0 Å². The van der Waals surface area contributed by atoms with Crippen molar-refractivity contribution in [2.45, 2.75) is 19.4 Å². The molecule has 2 aromatic carbocycles. The lowest BCUT2D eigenvalue weighted by Crippen LogP contribution is -2.35. The second-order valence-corrected chi connectivity index (χ2v) is 6.90. The molecule has 1 heterocycles. The summed E-state index contributed by atoms with van der Waals surface area (Å²) < 4.78 is 0. The first kappa shape index (κ1) is 20.5. The predicted molar refractivity (Wildman–Crippen MR) is 111 cm³/mol. The van der Waals surface area contributed by atoms with Crippen molar-refractivity contribution < 1.29 is 14.7 Å². The van der Waals surface area contributed by atoms with Gasteiger partial charge < -0.3 is 10.0 Å². The number of benzene rings is 2. The lowest BCUT2D eigenvalue weighted by atomic mass is 9.98. The summed E-state index contributed by atoms with van der Waals surface area (Å²) >= 11 is 4.11. The number of hydrogen-bond acceptors (Lipinski definition) is 6. The number of carbonyl (C=O) groups excluding carboxylic acids is 1. The van der Waals surface area contributed by atoms with Crippen LogP contribution in [-0.4, -0.2) is 54.8 Å². The summed E-state index contributed by atoms with van der Waals surface area (Å²) in [6.45, 7) is -0.0850. The van der Waals surface area contributed by atoms with E-state index in [1.807, 2.05) is 48.5 Å². The van der Waals surface area contributed by atoms with Crippen LogP contribution in [0.15, 0.2) is 48.5 Å². The number of tetrazole rings is 1. The number of nitrogens with one attached hydrogen (secondary N) is 1. The maximum atomic E-state index is 12.3. The molecule has 0 radical (unpaired) electrons. The average molecular weight is 411 g/mol. The topological polar surface area (TPSA) is 112 Å². The van der Waals surface area contributed by atoms with E-state index in [2.05, 4.69) is 33.3 Å². The van der Waals surface area contributed by atoms with Crippen LogP contribution in [-0.2, 0) is 16.1 Å². The molecule has 150 valence electrons. The molecule has 0 unspecified atom stereocenters. The third-order valence-electron chi connectivity index (χ3n) is 4.38. The van der Waals surface area contributed by atoms with Crippen LogP contribution >= 0.6 is 12.6 Å². The lowest BCUT2D eigenvalue weighted by molar-refractivity contribution is -0.144. The smallest absolute Gasteiger partial charge is 0.323 e. The Balaban J connectivity index is 1.79. The quantitative estimate of drug-likeness (QED) is 0.467. The SMILES string of the molecule is O=C(O)CN(Cc1ccc(-c2ccccc2-c2nn[nH]n2)cc1)C(=O)CCCS. The average Bonchev–Trinajstić information content (AvgIpc) is 3.26. The molecule has 0 aliphatic rings. The molecule has 0 aliphatic heterocycles. The molecule has 1 amide bonds. The number of amides is 1. The summed E-state index contributed by atoms with van der Waals surface area (Å²) in [7, 11) is 0. The molecular formula is C20H21N5O3S. The molecule has 0 bridgehead atoms. The largest absolute Gasteiger partial charge is 0.480 e. The van der Waals surface area contributed by atoms with Crippen LogP contribution in [0.3, 0.4) is 0 Å². The highest BCUT2D eigenvalue weighted by molar-refractivity contribution is 7.80. The molecule has 0 aliphatic carbocycles. The Morgan fingerprint density at radius 1 is 1.07 bits per heavy atom. The number of aromatic nitrogens is 4. The van der Waals surface area contributed by atoms with Crippen molar-refractivity contribution >= 4 is 24.5 Å². The van der Waals surface area contributed by atoms with Gasteiger partial charge in [-0.1, -0.05) is 48.5 Å². The minimum atomic E-state index is -1.03. The van der Waals surface area contributed by atoms with Crippen LogP contribution in [0.4, 0.5) is 0 Å². The lowest BCUT2D eigenvalue weighted by Gasteiger charge is -2.21. The van der Waals surface area contributed by atoms with Gasteiger partial charge in [0.05, 0.1) is 0 Å². The Morgan fingerprint density at radius 2 is 1.79 bits per heavy atom. The molecule has 0 fully saturated rings. The van der Waals surface area contributed by atoms with Crippen molar-refractivity contribution in [1.29, 1.82) is 0 Å². The van der Waals surface area contributed by atoms with Gasteiger partial charge in [0.25, 0.3) is 0 Å². The minimum Gasteiger partial charge on any atom is -0.480 e. The van der Waals surface area contributed by atoms with Crippen molar-refractivity contribution in [2.75, 3.05) is 12.3 Å². The number of rotatable bonds is 9. The Labute approximate surface area is 173 Å². The molecule has 1 aromatic heterocycles. The zero-order valence-electron chi connectivity index (χ0n) is 15.7. The van der Waals surface area contributed by atoms with Crippen LogP contribution in [0.5, 0.6) is 0 Å². The molecule has 0 saturated carbocycles. The Hall–Kier alpha value is -3.20. The molecule has 29 heavy (non-hydrogen) atoms. The standard InChI is InChI=1S/C20H21N5O3S/c26-18(6-3-11-29)25(13-19(27)28)12-14-7-9-15(10-8-14)16-4-1-2-5-17(16)20-21-23-24-22-20/h1-2,4-5,7-10,29H,3,6,11-13H2,(H,27,28)(H,21,22,23,24). The summed E-state index contributed by atoms with van der Waals surface area (Å²) in [6.07, 6.45) is 0.900. The molecule has 8 nitrogen and oxygen atoms in total. The molecule has 2 N–H and O–H groups in total. The zero-order valence-corrected chi connectivity index (χ0v) is 16.5. The van der Waals surface area contributed by atoms with E-state index in [-0.39, 0.29) is 25.4 Å². The first-order chi connectivity index (χ1) is 14.1. The molecule has 3 rings (SSSR count). The molecular weight excluding hydrogens is 390 g/mol. The van der Waals surface area contributed by atoms with Gasteiger partial charge in [-0.3, -0.25) is 9.59 Å². The van der Waals surface area contributed by atoms with Crippen LogP contribution in [0.25, 0.3) is 22.5 Å². The van der Waals surface area contributed by atoms with Crippen molar-refractivity contribution in [3.05, 3.63) is 54.1 Å². The van der Waals surface area contributed by atoms with E-state index in [4.69, 9.17) is 5.11 Å². The van der Waals surface area contributed by atoms with E-state index in [0.717, 1.165) is 22.3 Å². The van der Waals surface area contributed by atoms with Crippen LogP contribution < -0.4 is 0 Å². The normalized spacial score (nSPS) is 10.7. The summed E-state index contributed by atoms with van der Waals surface area (Å²) in [6, 6.07) is 15.4. The van der Waals surface area contributed by atoms with Crippen molar-refractivity contribution in [3.63, 3.8) is 0 Å². The molecule has 0 spiro atoms. The van der Waals surface area contributed by atoms with Gasteiger partial charge in [0.2, 0.25) is 11.7 Å². The van der Waals surface area contributed by atoms with Crippen molar-refractivity contribution in [3.8, 4) is 22.5 Å². The Bertz CT molecular complexity index is 961.